The van der Waals surface area contributed by atoms with Crippen molar-refractivity contribution in [3.8, 4) is 5.88 Å². The lowest BCUT2D eigenvalue weighted by Gasteiger charge is -2.11. The van der Waals surface area contributed by atoms with Crippen molar-refractivity contribution in [2.45, 2.75) is 59.9 Å². The van der Waals surface area contributed by atoms with E-state index in [4.69, 9.17) is 4.74 Å². The fourth-order valence-electron chi connectivity index (χ4n) is 2.01. The molecule has 0 saturated carbocycles. The monoisotopic (exact) mass is 278 g/mol. The number of aryl methyl sites for hydroxylation is 1. The molecule has 0 atom stereocenters. The van der Waals surface area contributed by atoms with Crippen LogP contribution in [0, 0.1) is 5.92 Å². The SMILES string of the molecule is CCCCCOc1cc(CNCC(C)C)cc(CC)n1. The molecule has 1 N–H and O–H groups in total. The van der Waals surface area contributed by atoms with Gasteiger partial charge in [0.2, 0.25) is 5.88 Å². The van der Waals surface area contributed by atoms with Crippen LogP contribution in [0.1, 0.15) is 58.2 Å². The van der Waals surface area contributed by atoms with Gasteiger partial charge in [0.05, 0.1) is 6.61 Å². The molecule has 0 fully saturated rings. The highest BCUT2D eigenvalue weighted by Gasteiger charge is 2.03. The topological polar surface area (TPSA) is 34.1 Å². The molecule has 0 amide bonds. The van der Waals surface area contributed by atoms with E-state index in [1.807, 2.05) is 0 Å². The lowest BCUT2D eigenvalue weighted by atomic mass is 10.2. The highest BCUT2D eigenvalue weighted by molar-refractivity contribution is 5.25. The van der Waals surface area contributed by atoms with Gasteiger partial charge in [-0.15, -0.1) is 0 Å². The van der Waals surface area contributed by atoms with Gasteiger partial charge in [0.1, 0.15) is 0 Å². The third-order valence-corrected chi connectivity index (χ3v) is 3.16. The van der Waals surface area contributed by atoms with E-state index in [0.29, 0.717) is 5.92 Å². The van der Waals surface area contributed by atoms with Crippen molar-refractivity contribution in [3.05, 3.63) is 23.4 Å². The summed E-state index contributed by atoms with van der Waals surface area (Å²) >= 11 is 0. The third kappa shape index (κ3) is 6.90. The highest BCUT2D eigenvalue weighted by atomic mass is 16.5. The summed E-state index contributed by atoms with van der Waals surface area (Å²) in [6.45, 7) is 11.5. The first-order valence-corrected chi connectivity index (χ1v) is 7.99. The Morgan fingerprint density at radius 3 is 2.65 bits per heavy atom. The Balaban J connectivity index is 2.55. The summed E-state index contributed by atoms with van der Waals surface area (Å²) in [5.74, 6) is 1.45. The van der Waals surface area contributed by atoms with Gasteiger partial charge in [0.25, 0.3) is 0 Å². The van der Waals surface area contributed by atoms with Gasteiger partial charge < -0.3 is 10.1 Å². The second-order valence-corrected chi connectivity index (χ2v) is 5.74. The molecule has 0 aliphatic carbocycles. The van der Waals surface area contributed by atoms with Crippen molar-refractivity contribution in [1.29, 1.82) is 0 Å². The first-order chi connectivity index (χ1) is 9.65. The summed E-state index contributed by atoms with van der Waals surface area (Å²) < 4.78 is 5.78. The zero-order valence-corrected chi connectivity index (χ0v) is 13.5. The normalized spacial score (nSPS) is 11.1. The zero-order chi connectivity index (χ0) is 14.8. The Labute approximate surface area is 124 Å². The molecule has 3 heteroatoms. The molecule has 114 valence electrons. The van der Waals surface area contributed by atoms with E-state index in [-0.39, 0.29) is 0 Å². The molecule has 1 aromatic heterocycles. The maximum absolute atomic E-state index is 5.78. The van der Waals surface area contributed by atoms with Crippen molar-refractivity contribution in [2.24, 2.45) is 5.92 Å². The van der Waals surface area contributed by atoms with Crippen LogP contribution in [-0.4, -0.2) is 18.1 Å². The maximum Gasteiger partial charge on any atom is 0.213 e. The number of nitrogens with one attached hydrogen (secondary N) is 1. The van der Waals surface area contributed by atoms with E-state index in [0.717, 1.165) is 44.1 Å². The Kier molecular flexibility index (Phi) is 8.28. The molecule has 0 radical (unpaired) electrons. The minimum atomic E-state index is 0.673. The van der Waals surface area contributed by atoms with Gasteiger partial charge in [-0.1, -0.05) is 40.5 Å². The van der Waals surface area contributed by atoms with E-state index >= 15 is 0 Å². The van der Waals surface area contributed by atoms with Crippen LogP contribution >= 0.6 is 0 Å². The third-order valence-electron chi connectivity index (χ3n) is 3.16. The van der Waals surface area contributed by atoms with Crippen LogP contribution in [0.4, 0.5) is 0 Å². The lowest BCUT2D eigenvalue weighted by Crippen LogP contribution is -2.19. The van der Waals surface area contributed by atoms with Crippen LogP contribution in [0.15, 0.2) is 12.1 Å². The molecule has 0 unspecified atom stereocenters. The van der Waals surface area contributed by atoms with Crippen molar-refractivity contribution < 1.29 is 4.74 Å². The first kappa shape index (κ1) is 17.0. The van der Waals surface area contributed by atoms with Crippen molar-refractivity contribution in [3.63, 3.8) is 0 Å². The van der Waals surface area contributed by atoms with Gasteiger partial charge in [-0.05, 0) is 36.9 Å². The van der Waals surface area contributed by atoms with Crippen LogP contribution in [-0.2, 0) is 13.0 Å². The second-order valence-electron chi connectivity index (χ2n) is 5.74. The summed E-state index contributed by atoms with van der Waals surface area (Å²) in [7, 11) is 0. The van der Waals surface area contributed by atoms with Crippen molar-refractivity contribution >= 4 is 0 Å². The fourth-order valence-corrected chi connectivity index (χ4v) is 2.01. The molecule has 0 bridgehead atoms. The first-order valence-electron chi connectivity index (χ1n) is 7.99. The number of nitrogens with zero attached hydrogens (tertiary/aromatic N) is 1. The standard InChI is InChI=1S/C17H30N2O/c1-5-7-8-9-20-17-11-15(10-16(6-2)19-17)13-18-12-14(3)4/h10-11,14,18H,5-9,12-13H2,1-4H3. The smallest absolute Gasteiger partial charge is 0.213 e. The predicted octanol–water partition coefficient (Wildman–Crippen LogP) is 3.96. The predicted molar refractivity (Wildman–Crippen MR) is 85.2 cm³/mol. The Hall–Kier alpha value is -1.09. The van der Waals surface area contributed by atoms with Crippen molar-refractivity contribution in [1.82, 2.24) is 10.3 Å². The van der Waals surface area contributed by atoms with Crippen LogP contribution in [0.2, 0.25) is 0 Å². The van der Waals surface area contributed by atoms with Gasteiger partial charge >= 0.3 is 0 Å². The number of aromatic nitrogens is 1. The molecule has 0 spiro atoms. The molecule has 0 aliphatic rings. The average Bonchev–Trinajstić information content (AvgIpc) is 2.43. The summed E-state index contributed by atoms with van der Waals surface area (Å²) in [5, 5.41) is 3.47. The van der Waals surface area contributed by atoms with E-state index < -0.39 is 0 Å². The van der Waals surface area contributed by atoms with E-state index in [1.165, 1.54) is 18.4 Å². The van der Waals surface area contributed by atoms with Crippen LogP contribution < -0.4 is 10.1 Å². The van der Waals surface area contributed by atoms with Gasteiger partial charge in [0.15, 0.2) is 0 Å². The fraction of sp³-hybridized carbons (Fsp3) is 0.706. The minimum absolute atomic E-state index is 0.673. The largest absolute Gasteiger partial charge is 0.478 e. The molecule has 3 nitrogen and oxygen atoms in total. The van der Waals surface area contributed by atoms with Crippen LogP contribution in [0.25, 0.3) is 0 Å². The number of ether oxygens (including phenoxy) is 1. The number of unbranched alkanes of at least 4 members (excludes halogenated alkanes) is 2. The van der Waals surface area contributed by atoms with Gasteiger partial charge in [-0.2, -0.15) is 0 Å². The molecular weight excluding hydrogens is 248 g/mol. The zero-order valence-electron chi connectivity index (χ0n) is 13.5. The highest BCUT2D eigenvalue weighted by Crippen LogP contribution is 2.14. The Morgan fingerprint density at radius 1 is 1.20 bits per heavy atom. The maximum atomic E-state index is 5.78. The summed E-state index contributed by atoms with van der Waals surface area (Å²) in [6.07, 6.45) is 4.49. The molecule has 0 aliphatic heterocycles. The summed E-state index contributed by atoms with van der Waals surface area (Å²) in [6, 6.07) is 4.24. The Morgan fingerprint density at radius 2 is 2.00 bits per heavy atom. The number of pyridine rings is 1. The second kappa shape index (κ2) is 9.76. The lowest BCUT2D eigenvalue weighted by molar-refractivity contribution is 0.293. The minimum Gasteiger partial charge on any atom is -0.478 e. The molecule has 0 aromatic carbocycles. The molecule has 1 aromatic rings. The van der Waals surface area contributed by atoms with Crippen LogP contribution in [0.5, 0.6) is 5.88 Å². The Bertz CT molecular complexity index is 377. The number of hydrogen-bond donors (Lipinski definition) is 1. The molecule has 20 heavy (non-hydrogen) atoms. The van der Waals surface area contributed by atoms with Crippen molar-refractivity contribution in [2.75, 3.05) is 13.2 Å². The van der Waals surface area contributed by atoms with Gasteiger partial charge in [-0.25, -0.2) is 4.98 Å². The van der Waals surface area contributed by atoms with Gasteiger partial charge in [-0.3, -0.25) is 0 Å². The summed E-state index contributed by atoms with van der Waals surface area (Å²) in [5.41, 5.74) is 2.38. The van der Waals surface area contributed by atoms with E-state index in [9.17, 15) is 0 Å². The molecule has 1 heterocycles. The molecule has 1 rings (SSSR count). The summed E-state index contributed by atoms with van der Waals surface area (Å²) in [4.78, 5) is 4.54. The average molecular weight is 278 g/mol. The quantitative estimate of drug-likeness (QED) is 0.658. The number of hydrogen-bond acceptors (Lipinski definition) is 3. The van der Waals surface area contributed by atoms with E-state index in [2.05, 4.69) is 50.1 Å². The van der Waals surface area contributed by atoms with E-state index in [1.54, 1.807) is 0 Å². The van der Waals surface area contributed by atoms with Gasteiger partial charge in [0, 0.05) is 18.3 Å². The van der Waals surface area contributed by atoms with Crippen LogP contribution in [0.3, 0.4) is 0 Å². The molecule has 0 saturated heterocycles. The number of rotatable bonds is 10. The molecular formula is C17H30N2O.